The second kappa shape index (κ2) is 8.11. The Kier molecular flexibility index (Phi) is 5.41. The van der Waals surface area contributed by atoms with Crippen LogP contribution < -0.4 is 25.5 Å². The normalized spacial score (nSPS) is 21.0. The Labute approximate surface area is 161 Å². The van der Waals surface area contributed by atoms with Gasteiger partial charge in [0.05, 0.1) is 17.7 Å². The molecule has 0 aromatic heterocycles. The zero-order valence-corrected chi connectivity index (χ0v) is 16.1. The Morgan fingerprint density at radius 2 is 1.85 bits per heavy atom. The average Bonchev–Trinajstić information content (AvgIpc) is 2.73. The first-order chi connectivity index (χ1) is 13.3. The molecule has 2 atom stereocenters. The molecule has 5 heteroatoms. The van der Waals surface area contributed by atoms with Crippen molar-refractivity contribution in [1.82, 2.24) is 10.2 Å². The highest BCUT2D eigenvalue weighted by Crippen LogP contribution is 2.32. The maximum Gasteiger partial charge on any atom is 0.142 e. The second-order valence-electron chi connectivity index (χ2n) is 7.07. The SMILES string of the molecule is CCOc1ccccc1N1C=c2ccccc2=NC1C(C)N1CCNCC1. The van der Waals surface area contributed by atoms with Crippen molar-refractivity contribution in [2.24, 2.45) is 4.99 Å². The van der Waals surface area contributed by atoms with Crippen LogP contribution in [-0.4, -0.2) is 49.9 Å². The first-order valence-electron chi connectivity index (χ1n) is 9.87. The molecule has 4 rings (SSSR count). The largest absolute Gasteiger partial charge is 0.492 e. The van der Waals surface area contributed by atoms with Crippen molar-refractivity contribution in [2.75, 3.05) is 37.7 Å². The number of ether oxygens (including phenoxy) is 1. The summed E-state index contributed by atoms with van der Waals surface area (Å²) in [7, 11) is 0. The van der Waals surface area contributed by atoms with Crippen LogP contribution in [0.4, 0.5) is 5.69 Å². The Morgan fingerprint density at radius 3 is 2.67 bits per heavy atom. The maximum absolute atomic E-state index is 5.92. The third-order valence-electron chi connectivity index (χ3n) is 5.37. The van der Waals surface area contributed by atoms with Gasteiger partial charge in [-0.05, 0) is 32.0 Å². The van der Waals surface area contributed by atoms with Crippen molar-refractivity contribution in [3.8, 4) is 5.75 Å². The van der Waals surface area contributed by atoms with E-state index >= 15 is 0 Å². The highest BCUT2D eigenvalue weighted by molar-refractivity contribution is 5.67. The van der Waals surface area contributed by atoms with Gasteiger partial charge in [0.1, 0.15) is 11.9 Å². The third-order valence-corrected chi connectivity index (χ3v) is 5.37. The van der Waals surface area contributed by atoms with E-state index in [-0.39, 0.29) is 6.17 Å². The van der Waals surface area contributed by atoms with E-state index in [0.29, 0.717) is 12.6 Å². The lowest BCUT2D eigenvalue weighted by atomic mass is 10.1. The van der Waals surface area contributed by atoms with E-state index in [2.05, 4.69) is 64.6 Å². The molecule has 1 saturated heterocycles. The second-order valence-corrected chi connectivity index (χ2v) is 7.07. The van der Waals surface area contributed by atoms with E-state index in [1.807, 2.05) is 19.1 Å². The van der Waals surface area contributed by atoms with E-state index in [1.165, 1.54) is 0 Å². The quantitative estimate of drug-likeness (QED) is 0.875. The summed E-state index contributed by atoms with van der Waals surface area (Å²) in [5.74, 6) is 0.906. The number of hydrogen-bond donors (Lipinski definition) is 1. The third kappa shape index (κ3) is 3.70. The van der Waals surface area contributed by atoms with Gasteiger partial charge in [0.15, 0.2) is 0 Å². The van der Waals surface area contributed by atoms with Crippen LogP contribution in [-0.2, 0) is 0 Å². The summed E-state index contributed by atoms with van der Waals surface area (Å²) >= 11 is 0. The molecule has 0 amide bonds. The Morgan fingerprint density at radius 1 is 1.11 bits per heavy atom. The van der Waals surface area contributed by atoms with Crippen molar-refractivity contribution in [2.45, 2.75) is 26.1 Å². The number of fused-ring (bicyclic) bond motifs is 1. The molecule has 0 bridgehead atoms. The zero-order valence-electron chi connectivity index (χ0n) is 16.1. The molecule has 2 aromatic carbocycles. The van der Waals surface area contributed by atoms with Gasteiger partial charge in [-0.3, -0.25) is 9.89 Å². The van der Waals surface area contributed by atoms with Gasteiger partial charge in [-0.15, -0.1) is 0 Å². The number of anilines is 1. The molecule has 142 valence electrons. The standard InChI is InChI=1S/C22H28N4O/c1-3-27-21-11-7-6-10-20(21)26-16-18-8-4-5-9-19(18)24-22(26)17(2)25-14-12-23-13-15-25/h4-11,16-17,22-23H,3,12-15H2,1-2H3. The van der Waals surface area contributed by atoms with Gasteiger partial charge < -0.3 is 15.0 Å². The van der Waals surface area contributed by atoms with Crippen LogP contribution in [0.3, 0.4) is 0 Å². The van der Waals surface area contributed by atoms with Crippen LogP contribution in [0.15, 0.2) is 53.5 Å². The number of nitrogens with zero attached hydrogens (tertiary/aromatic N) is 3. The van der Waals surface area contributed by atoms with Crippen molar-refractivity contribution in [3.63, 3.8) is 0 Å². The smallest absolute Gasteiger partial charge is 0.142 e. The molecule has 2 aromatic rings. The van der Waals surface area contributed by atoms with Crippen LogP contribution >= 0.6 is 0 Å². The number of piperazine rings is 1. The number of rotatable bonds is 5. The molecule has 1 N–H and O–H groups in total. The highest BCUT2D eigenvalue weighted by Gasteiger charge is 2.31. The van der Waals surface area contributed by atoms with Gasteiger partial charge in [-0.2, -0.15) is 0 Å². The molecule has 5 nitrogen and oxygen atoms in total. The van der Waals surface area contributed by atoms with Gasteiger partial charge in [0.25, 0.3) is 0 Å². The monoisotopic (exact) mass is 364 g/mol. The topological polar surface area (TPSA) is 40.1 Å². The lowest BCUT2D eigenvalue weighted by Crippen LogP contribution is -2.56. The van der Waals surface area contributed by atoms with Crippen LogP contribution in [0.5, 0.6) is 5.75 Å². The van der Waals surface area contributed by atoms with E-state index in [4.69, 9.17) is 9.73 Å². The van der Waals surface area contributed by atoms with Crippen molar-refractivity contribution in [3.05, 3.63) is 59.1 Å². The summed E-state index contributed by atoms with van der Waals surface area (Å²) in [6, 6.07) is 16.9. The maximum atomic E-state index is 5.92. The predicted molar refractivity (Wildman–Crippen MR) is 109 cm³/mol. The summed E-state index contributed by atoms with van der Waals surface area (Å²) in [5, 5.41) is 5.65. The minimum Gasteiger partial charge on any atom is -0.492 e. The predicted octanol–water partition coefficient (Wildman–Crippen LogP) is 1.58. The van der Waals surface area contributed by atoms with Gasteiger partial charge in [0, 0.05) is 43.6 Å². The number of nitrogens with one attached hydrogen (secondary N) is 1. The van der Waals surface area contributed by atoms with Crippen molar-refractivity contribution < 1.29 is 4.74 Å². The van der Waals surface area contributed by atoms with Gasteiger partial charge in [0.2, 0.25) is 0 Å². The summed E-state index contributed by atoms with van der Waals surface area (Å²) in [6.45, 7) is 9.14. The molecule has 2 unspecified atom stereocenters. The molecule has 0 aliphatic carbocycles. The number of para-hydroxylation sites is 3. The summed E-state index contributed by atoms with van der Waals surface area (Å²) in [5.41, 5.74) is 1.07. The minimum absolute atomic E-state index is 0.0135. The zero-order chi connectivity index (χ0) is 18.6. The number of hydrogen-bond acceptors (Lipinski definition) is 5. The summed E-state index contributed by atoms with van der Waals surface area (Å²) in [4.78, 5) is 9.98. The molecule has 2 aliphatic heterocycles. The van der Waals surface area contributed by atoms with Crippen LogP contribution in [0.25, 0.3) is 6.20 Å². The fourth-order valence-electron chi connectivity index (χ4n) is 3.92. The fraction of sp³-hybridized carbons (Fsp3) is 0.409. The van der Waals surface area contributed by atoms with E-state index in [0.717, 1.165) is 48.2 Å². The summed E-state index contributed by atoms with van der Waals surface area (Å²) in [6.07, 6.45) is 2.24. The summed E-state index contributed by atoms with van der Waals surface area (Å²) < 4.78 is 5.92. The molecule has 2 aliphatic rings. The first kappa shape index (κ1) is 18.0. The fourth-order valence-corrected chi connectivity index (χ4v) is 3.92. The first-order valence-corrected chi connectivity index (χ1v) is 9.87. The molecule has 2 heterocycles. The van der Waals surface area contributed by atoms with E-state index < -0.39 is 0 Å². The van der Waals surface area contributed by atoms with Crippen LogP contribution in [0.1, 0.15) is 13.8 Å². The molecule has 0 radical (unpaired) electrons. The average molecular weight is 364 g/mol. The van der Waals surface area contributed by atoms with Crippen LogP contribution in [0.2, 0.25) is 0 Å². The lowest BCUT2D eigenvalue weighted by molar-refractivity contribution is 0.163. The lowest BCUT2D eigenvalue weighted by Gasteiger charge is -2.41. The molecule has 0 spiro atoms. The van der Waals surface area contributed by atoms with Crippen molar-refractivity contribution >= 4 is 11.9 Å². The molecular weight excluding hydrogens is 336 g/mol. The Hall–Kier alpha value is -2.37. The van der Waals surface area contributed by atoms with Gasteiger partial charge >= 0.3 is 0 Å². The van der Waals surface area contributed by atoms with E-state index in [1.54, 1.807) is 0 Å². The number of benzene rings is 2. The van der Waals surface area contributed by atoms with Gasteiger partial charge in [-0.1, -0.05) is 30.3 Å². The van der Waals surface area contributed by atoms with Crippen molar-refractivity contribution in [1.29, 1.82) is 0 Å². The molecule has 1 fully saturated rings. The minimum atomic E-state index is 0.0135. The molecule has 0 saturated carbocycles. The molecular formula is C22H28N4O. The van der Waals surface area contributed by atoms with E-state index in [9.17, 15) is 0 Å². The Bertz CT molecular complexity index is 891. The Balaban J connectivity index is 1.78. The highest BCUT2D eigenvalue weighted by atomic mass is 16.5. The van der Waals surface area contributed by atoms with Crippen LogP contribution in [0, 0.1) is 0 Å². The van der Waals surface area contributed by atoms with Gasteiger partial charge in [-0.25, -0.2) is 0 Å². The molecule has 27 heavy (non-hydrogen) atoms.